The zero-order valence-corrected chi connectivity index (χ0v) is 7.56. The molecule has 0 saturated heterocycles. The maximum absolute atomic E-state index is 12.8. The van der Waals surface area contributed by atoms with Crippen LogP contribution in [-0.2, 0) is 6.54 Å². The van der Waals surface area contributed by atoms with Gasteiger partial charge in [-0.05, 0) is 17.7 Å². The summed E-state index contributed by atoms with van der Waals surface area (Å²) >= 11 is 0. The Hall–Kier alpha value is -1.42. The first kappa shape index (κ1) is 10.7. The molecular weight excluding hydrogens is 188 g/mol. The van der Waals surface area contributed by atoms with Crippen molar-refractivity contribution in [1.29, 1.82) is 0 Å². The molecule has 0 aliphatic carbocycles. The van der Waals surface area contributed by atoms with E-state index < -0.39 is 17.4 Å². The summed E-state index contributed by atoms with van der Waals surface area (Å²) in [5.74, 6) is -2.82. The molecule has 0 bridgehead atoms. The SMILES string of the molecule is C=CCNCc1cc(F)c(O)c(F)c1. The Morgan fingerprint density at radius 2 is 1.93 bits per heavy atom. The van der Waals surface area contributed by atoms with E-state index in [2.05, 4.69) is 11.9 Å². The van der Waals surface area contributed by atoms with Gasteiger partial charge in [0.2, 0.25) is 0 Å². The smallest absolute Gasteiger partial charge is 0.187 e. The molecule has 0 amide bonds. The summed E-state index contributed by atoms with van der Waals surface area (Å²) in [6.07, 6.45) is 1.65. The lowest BCUT2D eigenvalue weighted by Gasteiger charge is -2.04. The summed E-state index contributed by atoms with van der Waals surface area (Å²) in [6, 6.07) is 2.18. The molecule has 1 aromatic rings. The van der Waals surface area contributed by atoms with Crippen molar-refractivity contribution in [2.24, 2.45) is 0 Å². The molecule has 0 spiro atoms. The summed E-state index contributed by atoms with van der Waals surface area (Å²) < 4.78 is 25.6. The Morgan fingerprint density at radius 1 is 1.36 bits per heavy atom. The van der Waals surface area contributed by atoms with Gasteiger partial charge in [-0.2, -0.15) is 0 Å². The van der Waals surface area contributed by atoms with Gasteiger partial charge in [-0.15, -0.1) is 6.58 Å². The maximum Gasteiger partial charge on any atom is 0.187 e. The van der Waals surface area contributed by atoms with E-state index in [1.807, 2.05) is 0 Å². The molecule has 76 valence electrons. The Bertz CT molecular complexity index is 316. The van der Waals surface area contributed by atoms with E-state index in [1.54, 1.807) is 6.08 Å². The summed E-state index contributed by atoms with van der Waals surface area (Å²) in [7, 11) is 0. The summed E-state index contributed by atoms with van der Waals surface area (Å²) in [5.41, 5.74) is 0.444. The van der Waals surface area contributed by atoms with Crippen molar-refractivity contribution in [3.63, 3.8) is 0 Å². The predicted octanol–water partition coefficient (Wildman–Crippen LogP) is 1.95. The zero-order chi connectivity index (χ0) is 10.6. The highest BCUT2D eigenvalue weighted by molar-refractivity contribution is 5.29. The number of nitrogens with one attached hydrogen (secondary N) is 1. The van der Waals surface area contributed by atoms with Crippen molar-refractivity contribution in [3.8, 4) is 5.75 Å². The van der Waals surface area contributed by atoms with Crippen LogP contribution in [0.4, 0.5) is 8.78 Å². The van der Waals surface area contributed by atoms with Gasteiger partial charge < -0.3 is 10.4 Å². The molecule has 0 radical (unpaired) electrons. The van der Waals surface area contributed by atoms with Crippen LogP contribution in [0.3, 0.4) is 0 Å². The van der Waals surface area contributed by atoms with Gasteiger partial charge in [0.25, 0.3) is 0 Å². The van der Waals surface area contributed by atoms with Crippen LogP contribution in [0.2, 0.25) is 0 Å². The molecular formula is C10H11F2NO. The lowest BCUT2D eigenvalue weighted by atomic mass is 10.2. The van der Waals surface area contributed by atoms with Crippen molar-refractivity contribution < 1.29 is 13.9 Å². The summed E-state index contributed by atoms with van der Waals surface area (Å²) in [5, 5.41) is 11.7. The number of benzene rings is 1. The highest BCUT2D eigenvalue weighted by Gasteiger charge is 2.08. The second-order valence-corrected chi connectivity index (χ2v) is 2.83. The van der Waals surface area contributed by atoms with Crippen molar-refractivity contribution in [3.05, 3.63) is 42.0 Å². The second kappa shape index (κ2) is 4.72. The minimum Gasteiger partial charge on any atom is -0.503 e. The van der Waals surface area contributed by atoms with Crippen molar-refractivity contribution >= 4 is 0 Å². The van der Waals surface area contributed by atoms with Crippen molar-refractivity contribution in [2.75, 3.05) is 6.54 Å². The van der Waals surface area contributed by atoms with E-state index in [9.17, 15) is 8.78 Å². The molecule has 0 aliphatic rings. The minimum absolute atomic E-state index is 0.333. The number of hydrogen-bond donors (Lipinski definition) is 2. The fourth-order valence-corrected chi connectivity index (χ4v) is 1.04. The lowest BCUT2D eigenvalue weighted by Crippen LogP contribution is -2.12. The molecule has 0 saturated carbocycles. The zero-order valence-electron chi connectivity index (χ0n) is 7.56. The number of phenolic OH excluding ortho intramolecular Hbond substituents is 1. The Kier molecular flexibility index (Phi) is 3.59. The van der Waals surface area contributed by atoms with E-state index in [4.69, 9.17) is 5.11 Å². The number of aromatic hydroxyl groups is 1. The first-order valence-corrected chi connectivity index (χ1v) is 4.13. The number of halogens is 2. The molecule has 0 unspecified atom stereocenters. The van der Waals surface area contributed by atoms with Crippen LogP contribution in [0.15, 0.2) is 24.8 Å². The third kappa shape index (κ3) is 2.53. The summed E-state index contributed by atoms with van der Waals surface area (Å²) in [6.45, 7) is 4.38. The predicted molar refractivity (Wildman–Crippen MR) is 49.9 cm³/mol. The summed E-state index contributed by atoms with van der Waals surface area (Å²) in [4.78, 5) is 0. The van der Waals surface area contributed by atoms with E-state index in [0.717, 1.165) is 12.1 Å². The van der Waals surface area contributed by atoms with Gasteiger partial charge in [-0.3, -0.25) is 0 Å². The molecule has 0 aliphatic heterocycles. The van der Waals surface area contributed by atoms with Crippen LogP contribution in [0.1, 0.15) is 5.56 Å². The van der Waals surface area contributed by atoms with Gasteiger partial charge in [-0.1, -0.05) is 6.08 Å². The van der Waals surface area contributed by atoms with Crippen LogP contribution < -0.4 is 5.32 Å². The molecule has 14 heavy (non-hydrogen) atoms. The largest absolute Gasteiger partial charge is 0.503 e. The monoisotopic (exact) mass is 199 g/mol. The standard InChI is InChI=1S/C10H11F2NO/c1-2-3-13-6-7-4-8(11)10(14)9(12)5-7/h2,4-5,13-14H,1,3,6H2. The van der Waals surface area contributed by atoms with E-state index in [-0.39, 0.29) is 0 Å². The molecule has 0 heterocycles. The molecule has 2 nitrogen and oxygen atoms in total. The molecule has 0 fully saturated rings. The Balaban J connectivity index is 2.74. The molecule has 4 heteroatoms. The number of rotatable bonds is 4. The first-order chi connectivity index (χ1) is 6.65. The fraction of sp³-hybridized carbons (Fsp3) is 0.200. The lowest BCUT2D eigenvalue weighted by molar-refractivity contribution is 0.395. The quantitative estimate of drug-likeness (QED) is 0.573. The fourth-order valence-electron chi connectivity index (χ4n) is 1.04. The molecule has 0 atom stereocenters. The average molecular weight is 199 g/mol. The number of hydrogen-bond acceptors (Lipinski definition) is 2. The minimum atomic E-state index is -0.944. The van der Waals surface area contributed by atoms with E-state index in [0.29, 0.717) is 18.7 Å². The molecule has 2 N–H and O–H groups in total. The highest BCUT2D eigenvalue weighted by atomic mass is 19.1. The Labute approximate surface area is 80.9 Å². The maximum atomic E-state index is 12.8. The Morgan fingerprint density at radius 3 is 2.43 bits per heavy atom. The second-order valence-electron chi connectivity index (χ2n) is 2.83. The van der Waals surface area contributed by atoms with Gasteiger partial charge in [0.15, 0.2) is 17.4 Å². The molecule has 1 rings (SSSR count). The normalized spacial score (nSPS) is 10.1. The van der Waals surface area contributed by atoms with Gasteiger partial charge in [-0.25, -0.2) is 8.78 Å². The topological polar surface area (TPSA) is 32.3 Å². The van der Waals surface area contributed by atoms with Crippen LogP contribution in [0, 0.1) is 11.6 Å². The third-order valence-electron chi connectivity index (χ3n) is 1.69. The third-order valence-corrected chi connectivity index (χ3v) is 1.69. The molecule has 0 aromatic heterocycles. The first-order valence-electron chi connectivity index (χ1n) is 4.13. The van der Waals surface area contributed by atoms with Gasteiger partial charge >= 0.3 is 0 Å². The van der Waals surface area contributed by atoms with Crippen LogP contribution in [0.25, 0.3) is 0 Å². The number of phenols is 1. The highest BCUT2D eigenvalue weighted by Crippen LogP contribution is 2.21. The van der Waals surface area contributed by atoms with Crippen molar-refractivity contribution in [2.45, 2.75) is 6.54 Å². The van der Waals surface area contributed by atoms with Gasteiger partial charge in [0, 0.05) is 13.1 Å². The van der Waals surface area contributed by atoms with E-state index >= 15 is 0 Å². The average Bonchev–Trinajstić information content (AvgIpc) is 2.14. The van der Waals surface area contributed by atoms with Crippen LogP contribution in [-0.4, -0.2) is 11.7 Å². The van der Waals surface area contributed by atoms with Crippen molar-refractivity contribution in [1.82, 2.24) is 5.32 Å². The van der Waals surface area contributed by atoms with Gasteiger partial charge in [0.05, 0.1) is 0 Å². The van der Waals surface area contributed by atoms with E-state index in [1.165, 1.54) is 0 Å². The van der Waals surface area contributed by atoms with Gasteiger partial charge in [0.1, 0.15) is 0 Å². The molecule has 1 aromatic carbocycles. The van der Waals surface area contributed by atoms with Crippen LogP contribution >= 0.6 is 0 Å². The van der Waals surface area contributed by atoms with Crippen LogP contribution in [0.5, 0.6) is 5.75 Å².